The van der Waals surface area contributed by atoms with Crippen molar-refractivity contribution in [2.75, 3.05) is 10.0 Å². The van der Waals surface area contributed by atoms with E-state index in [0.29, 0.717) is 10.8 Å². The second-order valence-electron chi connectivity index (χ2n) is 5.41. The normalized spacial score (nSPS) is 11.2. The predicted molar refractivity (Wildman–Crippen MR) is 104 cm³/mol. The van der Waals surface area contributed by atoms with Gasteiger partial charge in [0.15, 0.2) is 5.13 Å². The van der Waals surface area contributed by atoms with E-state index in [1.807, 2.05) is 13.0 Å². The molecule has 9 heteroatoms. The Kier molecular flexibility index (Phi) is 5.26. The van der Waals surface area contributed by atoms with Crippen molar-refractivity contribution in [2.45, 2.75) is 11.8 Å². The molecule has 0 aliphatic rings. The molecule has 1 amide bonds. The molecule has 0 saturated carbocycles. The number of hydrogen-bond donors (Lipinski definition) is 2. The Hall–Kier alpha value is -2.42. The van der Waals surface area contributed by atoms with Crippen LogP contribution in [0.3, 0.4) is 0 Å². The van der Waals surface area contributed by atoms with Crippen molar-refractivity contribution < 1.29 is 13.2 Å². The van der Waals surface area contributed by atoms with Crippen LogP contribution in [-0.2, 0) is 10.0 Å². The zero-order valence-electron chi connectivity index (χ0n) is 13.6. The van der Waals surface area contributed by atoms with Crippen LogP contribution in [0.1, 0.15) is 15.9 Å². The Morgan fingerprint density at radius 1 is 1.19 bits per heavy atom. The lowest BCUT2D eigenvalue weighted by Crippen LogP contribution is -2.16. The van der Waals surface area contributed by atoms with Crippen LogP contribution in [0, 0.1) is 6.92 Å². The van der Waals surface area contributed by atoms with E-state index in [9.17, 15) is 13.2 Å². The van der Waals surface area contributed by atoms with Gasteiger partial charge in [0.25, 0.3) is 15.9 Å². The number of nitrogens with zero attached hydrogens (tertiary/aromatic N) is 1. The van der Waals surface area contributed by atoms with Crippen molar-refractivity contribution in [3.05, 3.63) is 70.2 Å². The molecule has 0 atom stereocenters. The second kappa shape index (κ2) is 7.45. The summed E-state index contributed by atoms with van der Waals surface area (Å²) in [4.78, 5) is 16.3. The molecule has 26 heavy (non-hydrogen) atoms. The van der Waals surface area contributed by atoms with Gasteiger partial charge in [0, 0.05) is 17.3 Å². The number of carbonyl (C=O) groups excluding carboxylic acids is 1. The van der Waals surface area contributed by atoms with Crippen LogP contribution < -0.4 is 10.0 Å². The van der Waals surface area contributed by atoms with Gasteiger partial charge < -0.3 is 0 Å². The monoisotopic (exact) mass is 407 g/mol. The standard InChI is InChI=1S/C17H14ClN3O3S2/c1-11-3-2-4-12(9-11)21-26(23,24)13-5-6-15(18)14(10-13)16(22)20-17-19-7-8-25-17/h2-10,21H,1H3,(H,19,20,22). The van der Waals surface area contributed by atoms with Gasteiger partial charge >= 0.3 is 0 Å². The maximum absolute atomic E-state index is 12.6. The van der Waals surface area contributed by atoms with Crippen molar-refractivity contribution in [1.82, 2.24) is 4.98 Å². The zero-order chi connectivity index (χ0) is 18.7. The first kappa shape index (κ1) is 18.4. The molecule has 3 aromatic rings. The first-order chi connectivity index (χ1) is 12.3. The van der Waals surface area contributed by atoms with Crippen molar-refractivity contribution in [3.8, 4) is 0 Å². The number of hydrogen-bond acceptors (Lipinski definition) is 5. The minimum Gasteiger partial charge on any atom is -0.298 e. The fourth-order valence-electron chi connectivity index (χ4n) is 2.22. The van der Waals surface area contributed by atoms with Gasteiger partial charge in [-0.3, -0.25) is 14.8 Å². The molecule has 0 unspecified atom stereocenters. The van der Waals surface area contributed by atoms with Gasteiger partial charge in [0.05, 0.1) is 15.5 Å². The van der Waals surface area contributed by atoms with E-state index in [1.165, 1.54) is 29.5 Å². The number of rotatable bonds is 5. The smallest absolute Gasteiger partial charge is 0.261 e. The van der Waals surface area contributed by atoms with Crippen LogP contribution >= 0.6 is 22.9 Å². The summed E-state index contributed by atoms with van der Waals surface area (Å²) in [7, 11) is -3.87. The van der Waals surface area contributed by atoms with Crippen molar-refractivity contribution >= 4 is 49.7 Å². The van der Waals surface area contributed by atoms with Crippen molar-refractivity contribution in [2.24, 2.45) is 0 Å². The number of sulfonamides is 1. The van der Waals surface area contributed by atoms with E-state index in [4.69, 9.17) is 11.6 Å². The molecule has 0 bridgehead atoms. The lowest BCUT2D eigenvalue weighted by molar-refractivity contribution is 0.102. The summed E-state index contributed by atoms with van der Waals surface area (Å²) in [6.07, 6.45) is 1.55. The molecule has 2 aromatic carbocycles. The van der Waals surface area contributed by atoms with Crippen LogP contribution in [0.5, 0.6) is 0 Å². The summed E-state index contributed by atoms with van der Waals surface area (Å²) in [6, 6.07) is 10.9. The summed E-state index contributed by atoms with van der Waals surface area (Å²) in [5.74, 6) is -0.530. The quantitative estimate of drug-likeness (QED) is 0.664. The van der Waals surface area contributed by atoms with Gasteiger partial charge in [-0.1, -0.05) is 23.7 Å². The highest BCUT2D eigenvalue weighted by atomic mass is 35.5. The molecular weight excluding hydrogens is 394 g/mol. The van der Waals surface area contributed by atoms with Gasteiger partial charge in [-0.05, 0) is 42.8 Å². The predicted octanol–water partition coefficient (Wildman–Crippen LogP) is 4.16. The lowest BCUT2D eigenvalue weighted by atomic mass is 10.2. The molecule has 1 aromatic heterocycles. The summed E-state index contributed by atoms with van der Waals surface area (Å²) < 4.78 is 27.7. The molecule has 0 spiro atoms. The Morgan fingerprint density at radius 3 is 2.69 bits per heavy atom. The highest BCUT2D eigenvalue weighted by Gasteiger charge is 2.19. The fraction of sp³-hybridized carbons (Fsp3) is 0.0588. The SMILES string of the molecule is Cc1cccc(NS(=O)(=O)c2ccc(Cl)c(C(=O)Nc3nccs3)c2)c1. The topological polar surface area (TPSA) is 88.2 Å². The first-order valence-corrected chi connectivity index (χ1v) is 10.2. The van der Waals surface area contributed by atoms with E-state index in [-0.39, 0.29) is 15.5 Å². The number of nitrogens with one attached hydrogen (secondary N) is 2. The second-order valence-corrected chi connectivity index (χ2v) is 8.39. The molecule has 0 fully saturated rings. The van der Waals surface area contributed by atoms with Crippen molar-refractivity contribution in [3.63, 3.8) is 0 Å². The van der Waals surface area contributed by atoms with Crippen LogP contribution in [0.4, 0.5) is 10.8 Å². The highest BCUT2D eigenvalue weighted by molar-refractivity contribution is 7.92. The minimum atomic E-state index is -3.87. The van der Waals surface area contributed by atoms with Gasteiger partial charge in [-0.15, -0.1) is 11.3 Å². The fourth-order valence-corrected chi connectivity index (χ4v) is 4.02. The Labute approximate surface area is 159 Å². The Balaban J connectivity index is 1.89. The molecule has 0 saturated heterocycles. The number of halogens is 1. The Morgan fingerprint density at radius 2 is 2.00 bits per heavy atom. The van der Waals surface area contributed by atoms with E-state index >= 15 is 0 Å². The third-order valence-electron chi connectivity index (χ3n) is 3.42. The molecule has 3 rings (SSSR count). The number of amides is 1. The maximum Gasteiger partial charge on any atom is 0.261 e. The molecule has 6 nitrogen and oxygen atoms in total. The van der Waals surface area contributed by atoms with E-state index < -0.39 is 15.9 Å². The number of aromatic nitrogens is 1. The van der Waals surface area contributed by atoms with Crippen molar-refractivity contribution in [1.29, 1.82) is 0 Å². The van der Waals surface area contributed by atoms with Gasteiger partial charge in [-0.2, -0.15) is 0 Å². The molecule has 2 N–H and O–H groups in total. The number of thiazole rings is 1. The Bertz CT molecular complexity index is 1050. The number of anilines is 2. The molecule has 0 radical (unpaired) electrons. The average molecular weight is 408 g/mol. The summed E-state index contributed by atoms with van der Waals surface area (Å²) in [5, 5.41) is 4.84. The first-order valence-electron chi connectivity index (χ1n) is 7.45. The molecule has 0 aliphatic heterocycles. The number of aryl methyl sites for hydroxylation is 1. The largest absolute Gasteiger partial charge is 0.298 e. The molecular formula is C17H14ClN3O3S2. The summed E-state index contributed by atoms with van der Waals surface area (Å²) in [6.45, 7) is 1.86. The summed E-state index contributed by atoms with van der Waals surface area (Å²) in [5.41, 5.74) is 1.41. The van der Waals surface area contributed by atoms with E-state index in [1.54, 1.807) is 29.8 Å². The van der Waals surface area contributed by atoms with Gasteiger partial charge in [0.2, 0.25) is 0 Å². The molecule has 1 heterocycles. The maximum atomic E-state index is 12.6. The summed E-state index contributed by atoms with van der Waals surface area (Å²) >= 11 is 7.32. The lowest BCUT2D eigenvalue weighted by Gasteiger charge is -2.11. The van der Waals surface area contributed by atoms with E-state index in [0.717, 1.165) is 5.56 Å². The van der Waals surface area contributed by atoms with E-state index in [2.05, 4.69) is 15.0 Å². The highest BCUT2D eigenvalue weighted by Crippen LogP contribution is 2.24. The van der Waals surface area contributed by atoms with Crippen LogP contribution in [0.2, 0.25) is 5.02 Å². The number of carbonyl (C=O) groups is 1. The third kappa shape index (κ3) is 4.21. The van der Waals surface area contributed by atoms with Crippen LogP contribution in [0.15, 0.2) is 58.9 Å². The molecule has 0 aliphatic carbocycles. The third-order valence-corrected chi connectivity index (χ3v) is 5.81. The minimum absolute atomic E-state index is 0.0500. The average Bonchev–Trinajstić information content (AvgIpc) is 3.07. The van der Waals surface area contributed by atoms with Crippen LogP contribution in [0.25, 0.3) is 0 Å². The molecule has 134 valence electrons. The van der Waals surface area contributed by atoms with Crippen LogP contribution in [-0.4, -0.2) is 19.3 Å². The zero-order valence-corrected chi connectivity index (χ0v) is 16.0. The van der Waals surface area contributed by atoms with Gasteiger partial charge in [-0.25, -0.2) is 13.4 Å². The van der Waals surface area contributed by atoms with Gasteiger partial charge in [0.1, 0.15) is 0 Å². The number of benzene rings is 2.